The fourth-order valence-electron chi connectivity index (χ4n) is 3.71. The van der Waals surface area contributed by atoms with Gasteiger partial charge in [-0.05, 0) is 61.2 Å². The van der Waals surface area contributed by atoms with Crippen LogP contribution in [0.1, 0.15) is 62.4 Å². The predicted octanol–water partition coefficient (Wildman–Crippen LogP) is 5.70. The van der Waals surface area contributed by atoms with Gasteiger partial charge in [-0.2, -0.15) is 0 Å². The first-order valence-electron chi connectivity index (χ1n) is 11.8. The highest BCUT2D eigenvalue weighted by Gasteiger charge is 2.33. The quantitative estimate of drug-likeness (QED) is 0.209. The number of carbonyl (C=O) groups excluding carboxylic acids is 4. The maximum atomic E-state index is 13.3. The Morgan fingerprint density at radius 2 is 1.44 bits per heavy atom. The Hall–Kier alpha value is -2.90. The summed E-state index contributed by atoms with van der Waals surface area (Å²) in [7, 11) is 3.29. The molecule has 0 unspecified atom stereocenters. The molecule has 0 fully saturated rings. The SMILES string of the molecule is CCC(CC)(CC)OC(=O)C(=O)CC(=O)N(Cc1ccc(Cl)c(Cl)c1)c1ccc(C(=O)N(C)C)cc1. The molecule has 2 rings (SSSR count). The van der Waals surface area contributed by atoms with Crippen LogP contribution in [0.3, 0.4) is 0 Å². The van der Waals surface area contributed by atoms with Gasteiger partial charge in [0.05, 0.1) is 23.0 Å². The Morgan fingerprint density at radius 3 is 1.94 bits per heavy atom. The number of amides is 2. The van der Waals surface area contributed by atoms with Crippen molar-refractivity contribution in [2.75, 3.05) is 19.0 Å². The molecule has 0 aliphatic carbocycles. The molecular formula is C27H32Cl2N2O5. The summed E-state index contributed by atoms with van der Waals surface area (Å²) in [6.45, 7) is 5.74. The van der Waals surface area contributed by atoms with E-state index in [9.17, 15) is 19.2 Å². The van der Waals surface area contributed by atoms with Crippen molar-refractivity contribution in [3.8, 4) is 0 Å². The fourth-order valence-corrected chi connectivity index (χ4v) is 4.03. The van der Waals surface area contributed by atoms with Crippen molar-refractivity contribution in [2.24, 2.45) is 0 Å². The van der Waals surface area contributed by atoms with Crippen LogP contribution in [-0.4, -0.2) is 48.2 Å². The molecule has 0 radical (unpaired) electrons. The number of Topliss-reactive ketones (excluding diaryl/α,β-unsaturated/α-hetero) is 1. The van der Waals surface area contributed by atoms with Crippen LogP contribution >= 0.6 is 23.2 Å². The molecule has 0 saturated carbocycles. The van der Waals surface area contributed by atoms with Gasteiger partial charge in [0, 0.05) is 25.3 Å². The Kier molecular flexibility index (Phi) is 10.5. The summed E-state index contributed by atoms with van der Waals surface area (Å²) in [4.78, 5) is 53.5. The summed E-state index contributed by atoms with van der Waals surface area (Å²) in [6, 6.07) is 11.4. The highest BCUT2D eigenvalue weighted by atomic mass is 35.5. The predicted molar refractivity (Wildman–Crippen MR) is 141 cm³/mol. The van der Waals surface area contributed by atoms with Crippen LogP contribution in [0.15, 0.2) is 42.5 Å². The summed E-state index contributed by atoms with van der Waals surface area (Å²) in [6.07, 6.45) is 1.03. The van der Waals surface area contributed by atoms with Gasteiger partial charge < -0.3 is 14.5 Å². The fraction of sp³-hybridized carbons (Fsp3) is 0.407. The zero-order valence-corrected chi connectivity index (χ0v) is 22.8. The maximum absolute atomic E-state index is 13.3. The normalized spacial score (nSPS) is 11.1. The Bertz CT molecular complexity index is 1100. The molecule has 2 aromatic carbocycles. The Balaban J connectivity index is 2.32. The van der Waals surface area contributed by atoms with E-state index in [1.807, 2.05) is 20.8 Å². The van der Waals surface area contributed by atoms with E-state index in [0.717, 1.165) is 0 Å². The lowest BCUT2D eigenvalue weighted by molar-refractivity contribution is -0.167. The van der Waals surface area contributed by atoms with Crippen molar-refractivity contribution in [1.29, 1.82) is 0 Å². The number of ether oxygens (including phenoxy) is 1. The maximum Gasteiger partial charge on any atom is 0.375 e. The van der Waals surface area contributed by atoms with Crippen LogP contribution in [0, 0.1) is 0 Å². The number of rotatable bonds is 11. The van der Waals surface area contributed by atoms with Gasteiger partial charge in [-0.3, -0.25) is 14.4 Å². The van der Waals surface area contributed by atoms with Gasteiger partial charge in [-0.15, -0.1) is 0 Å². The molecule has 0 atom stereocenters. The van der Waals surface area contributed by atoms with Gasteiger partial charge in [0.1, 0.15) is 5.60 Å². The molecule has 0 bridgehead atoms. The number of hydrogen-bond acceptors (Lipinski definition) is 5. The third-order valence-corrected chi connectivity index (χ3v) is 6.98. The number of ketones is 1. The molecular weight excluding hydrogens is 503 g/mol. The summed E-state index contributed by atoms with van der Waals surface area (Å²) >= 11 is 12.2. The van der Waals surface area contributed by atoms with E-state index in [1.165, 1.54) is 9.80 Å². The van der Waals surface area contributed by atoms with Crippen LogP contribution in [0.25, 0.3) is 0 Å². The smallest absolute Gasteiger partial charge is 0.375 e. The monoisotopic (exact) mass is 534 g/mol. The van der Waals surface area contributed by atoms with Crippen molar-refractivity contribution in [3.05, 3.63) is 63.6 Å². The first-order chi connectivity index (χ1) is 17.0. The molecule has 0 spiro atoms. The van der Waals surface area contributed by atoms with Crippen LogP contribution < -0.4 is 4.90 Å². The topological polar surface area (TPSA) is 84.0 Å². The van der Waals surface area contributed by atoms with E-state index in [0.29, 0.717) is 46.1 Å². The Morgan fingerprint density at radius 1 is 0.861 bits per heavy atom. The molecule has 0 N–H and O–H groups in total. The molecule has 9 heteroatoms. The molecule has 0 aromatic heterocycles. The highest BCUT2D eigenvalue weighted by molar-refractivity contribution is 6.42. The van der Waals surface area contributed by atoms with E-state index in [1.54, 1.807) is 56.6 Å². The molecule has 2 aromatic rings. The zero-order chi connectivity index (χ0) is 27.0. The second-order valence-electron chi connectivity index (χ2n) is 8.71. The van der Waals surface area contributed by atoms with Gasteiger partial charge in [0.15, 0.2) is 0 Å². The van der Waals surface area contributed by atoms with Crippen molar-refractivity contribution in [3.63, 3.8) is 0 Å². The third-order valence-electron chi connectivity index (χ3n) is 6.24. The molecule has 0 saturated heterocycles. The van der Waals surface area contributed by atoms with Gasteiger partial charge >= 0.3 is 5.97 Å². The number of anilines is 1. The standard InChI is InChI=1S/C27H32Cl2N2O5/c1-6-27(7-2,8-3)36-26(35)23(32)16-24(33)31(17-18-9-14-21(28)22(29)15-18)20-12-10-19(11-13-20)25(34)30(4)5/h9-15H,6-8,16-17H2,1-5H3. The number of nitrogens with zero attached hydrogens (tertiary/aromatic N) is 2. The summed E-state index contributed by atoms with van der Waals surface area (Å²) in [5.41, 5.74) is 0.834. The molecule has 7 nitrogen and oxygen atoms in total. The third kappa shape index (κ3) is 7.31. The van der Waals surface area contributed by atoms with E-state index in [-0.39, 0.29) is 12.5 Å². The zero-order valence-electron chi connectivity index (χ0n) is 21.3. The van der Waals surface area contributed by atoms with Crippen molar-refractivity contribution in [1.82, 2.24) is 4.90 Å². The van der Waals surface area contributed by atoms with E-state index in [4.69, 9.17) is 27.9 Å². The number of benzene rings is 2. The molecule has 0 aliphatic heterocycles. The van der Waals surface area contributed by atoms with Gasteiger partial charge in [-0.1, -0.05) is 50.0 Å². The minimum Gasteiger partial charge on any atom is -0.453 e. The first kappa shape index (κ1) is 29.3. The minimum absolute atomic E-state index is 0.0713. The highest BCUT2D eigenvalue weighted by Crippen LogP contribution is 2.27. The van der Waals surface area contributed by atoms with E-state index in [2.05, 4.69) is 0 Å². The van der Waals surface area contributed by atoms with Crippen molar-refractivity contribution < 1.29 is 23.9 Å². The first-order valence-corrected chi connectivity index (χ1v) is 12.5. The average Bonchev–Trinajstić information content (AvgIpc) is 2.87. The Labute approximate surface area is 222 Å². The average molecular weight is 535 g/mol. The lowest BCUT2D eigenvalue weighted by Crippen LogP contribution is -2.38. The van der Waals surface area contributed by atoms with Crippen LogP contribution in [0.5, 0.6) is 0 Å². The lowest BCUT2D eigenvalue weighted by Gasteiger charge is -2.30. The van der Waals surface area contributed by atoms with Gasteiger partial charge in [-0.25, -0.2) is 4.79 Å². The molecule has 36 heavy (non-hydrogen) atoms. The molecule has 2 amide bonds. The van der Waals surface area contributed by atoms with Gasteiger partial charge in [0.2, 0.25) is 11.7 Å². The van der Waals surface area contributed by atoms with E-state index < -0.39 is 29.7 Å². The summed E-state index contributed by atoms with van der Waals surface area (Å²) < 4.78 is 5.51. The summed E-state index contributed by atoms with van der Waals surface area (Å²) in [5, 5.41) is 0.692. The van der Waals surface area contributed by atoms with Crippen molar-refractivity contribution >= 4 is 52.5 Å². The van der Waals surface area contributed by atoms with Crippen molar-refractivity contribution in [2.45, 2.75) is 58.6 Å². The lowest BCUT2D eigenvalue weighted by atomic mass is 9.94. The molecule has 194 valence electrons. The van der Waals surface area contributed by atoms with E-state index >= 15 is 0 Å². The van der Waals surface area contributed by atoms with Crippen LogP contribution in [-0.2, 0) is 25.7 Å². The van der Waals surface area contributed by atoms with Crippen LogP contribution in [0.4, 0.5) is 5.69 Å². The second kappa shape index (κ2) is 12.9. The number of carbonyl (C=O) groups is 4. The minimum atomic E-state index is -1.02. The molecule has 0 aliphatic rings. The second-order valence-corrected chi connectivity index (χ2v) is 9.52. The van der Waals surface area contributed by atoms with Gasteiger partial charge in [0.25, 0.3) is 5.91 Å². The number of halogens is 2. The largest absolute Gasteiger partial charge is 0.453 e. The van der Waals surface area contributed by atoms with Crippen LogP contribution in [0.2, 0.25) is 10.0 Å². The summed E-state index contributed by atoms with van der Waals surface area (Å²) in [5.74, 6) is -2.72. The number of esters is 1. The number of hydrogen-bond donors (Lipinski definition) is 0. The molecule has 0 heterocycles.